The number of carbonyl (C=O) groups is 3. The minimum Gasteiger partial charge on any atom is -0.469 e. The minimum absolute atomic E-state index is 0.0119. The molecule has 0 unspecified atom stereocenters. The molecule has 180 valence electrons. The molecule has 4 aliphatic carbocycles. The molecule has 0 spiro atoms. The van der Waals surface area contributed by atoms with Gasteiger partial charge in [-0.2, -0.15) is 0 Å². The SMILES string of the molecule is COC(=O)[C@H]1CC[C@]2(O)[C@@H]3CC[C@@H]4C[C@@H](OC(C)=O)CC[C@]4(C)[C@H]3[C@H](OC(C)=O)C[C@]12C. The molecular formula is C25H38O7. The average molecular weight is 451 g/mol. The Morgan fingerprint density at radius 3 is 2.25 bits per heavy atom. The lowest BCUT2D eigenvalue weighted by Gasteiger charge is -2.65. The van der Waals surface area contributed by atoms with Crippen LogP contribution in [-0.4, -0.2) is 47.9 Å². The average Bonchev–Trinajstić information content (AvgIpc) is 2.98. The summed E-state index contributed by atoms with van der Waals surface area (Å²) in [4.78, 5) is 36.3. The van der Waals surface area contributed by atoms with Gasteiger partial charge in [-0.15, -0.1) is 0 Å². The van der Waals surface area contributed by atoms with Crippen LogP contribution >= 0.6 is 0 Å². The summed E-state index contributed by atoms with van der Waals surface area (Å²) in [6, 6.07) is 0. The first-order valence-corrected chi connectivity index (χ1v) is 12.1. The molecule has 32 heavy (non-hydrogen) atoms. The van der Waals surface area contributed by atoms with Crippen molar-refractivity contribution < 1.29 is 33.7 Å². The van der Waals surface area contributed by atoms with Gasteiger partial charge in [0.2, 0.25) is 0 Å². The summed E-state index contributed by atoms with van der Waals surface area (Å²) in [7, 11) is 1.39. The lowest BCUT2D eigenvalue weighted by atomic mass is 9.42. The molecule has 7 nitrogen and oxygen atoms in total. The summed E-state index contributed by atoms with van der Waals surface area (Å²) in [5, 5.41) is 12.2. The van der Waals surface area contributed by atoms with Crippen molar-refractivity contribution in [3.63, 3.8) is 0 Å². The van der Waals surface area contributed by atoms with Crippen LogP contribution in [-0.2, 0) is 28.6 Å². The third-order valence-electron chi connectivity index (χ3n) is 9.85. The Labute approximate surface area is 190 Å². The van der Waals surface area contributed by atoms with Gasteiger partial charge in [0, 0.05) is 25.2 Å². The van der Waals surface area contributed by atoms with E-state index in [4.69, 9.17) is 14.2 Å². The highest BCUT2D eigenvalue weighted by Gasteiger charge is 2.71. The van der Waals surface area contributed by atoms with Gasteiger partial charge < -0.3 is 19.3 Å². The van der Waals surface area contributed by atoms with Crippen LogP contribution in [0.3, 0.4) is 0 Å². The van der Waals surface area contributed by atoms with Crippen LogP contribution < -0.4 is 0 Å². The molecule has 0 aromatic heterocycles. The van der Waals surface area contributed by atoms with Crippen LogP contribution in [0, 0.1) is 34.5 Å². The fourth-order valence-electron chi connectivity index (χ4n) is 8.44. The zero-order valence-corrected chi connectivity index (χ0v) is 20.0. The van der Waals surface area contributed by atoms with E-state index >= 15 is 0 Å². The number of methoxy groups -OCH3 is 1. The molecule has 0 radical (unpaired) electrons. The summed E-state index contributed by atoms with van der Waals surface area (Å²) < 4.78 is 16.6. The Balaban J connectivity index is 1.70. The number of carbonyl (C=O) groups excluding carboxylic acids is 3. The van der Waals surface area contributed by atoms with Crippen LogP contribution in [0.1, 0.15) is 79.1 Å². The van der Waals surface area contributed by atoms with E-state index in [9.17, 15) is 19.5 Å². The van der Waals surface area contributed by atoms with Crippen LogP contribution in [0.15, 0.2) is 0 Å². The van der Waals surface area contributed by atoms with E-state index in [-0.39, 0.29) is 47.4 Å². The Morgan fingerprint density at radius 1 is 0.938 bits per heavy atom. The molecule has 0 heterocycles. The second-order valence-electron chi connectivity index (χ2n) is 11.2. The monoisotopic (exact) mass is 450 g/mol. The highest BCUT2D eigenvalue weighted by Crippen LogP contribution is 2.69. The Hall–Kier alpha value is -1.63. The highest BCUT2D eigenvalue weighted by molar-refractivity contribution is 5.74. The molecule has 4 fully saturated rings. The maximum atomic E-state index is 12.6. The lowest BCUT2D eigenvalue weighted by molar-refractivity contribution is -0.250. The van der Waals surface area contributed by atoms with Gasteiger partial charge in [-0.05, 0) is 68.6 Å². The molecule has 0 aromatic carbocycles. The van der Waals surface area contributed by atoms with Crippen LogP contribution in [0.4, 0.5) is 0 Å². The van der Waals surface area contributed by atoms with Gasteiger partial charge in [-0.3, -0.25) is 14.4 Å². The number of fused-ring (bicyclic) bond motifs is 5. The van der Waals surface area contributed by atoms with Crippen molar-refractivity contribution in [3.05, 3.63) is 0 Å². The van der Waals surface area contributed by atoms with Crippen molar-refractivity contribution in [1.82, 2.24) is 0 Å². The van der Waals surface area contributed by atoms with Gasteiger partial charge in [0.05, 0.1) is 18.6 Å². The second-order valence-corrected chi connectivity index (χ2v) is 11.2. The van der Waals surface area contributed by atoms with E-state index in [2.05, 4.69) is 6.92 Å². The minimum atomic E-state index is -0.992. The van der Waals surface area contributed by atoms with Gasteiger partial charge in [0.25, 0.3) is 0 Å². The predicted molar refractivity (Wildman–Crippen MR) is 115 cm³/mol. The standard InChI is InChI=1S/C25H38O7/c1-14(26)31-17-8-10-23(3)16(12-17)6-7-18-21(23)20(32-15(2)27)13-24(4)19(22(28)30-5)9-11-25(18,24)29/h16-21,29H,6-13H2,1-5H3/t16-,17+,18-,19-,20-,21-,23+,24-,25+/m1/s1. The van der Waals surface area contributed by atoms with E-state index in [1.54, 1.807) is 0 Å². The number of aliphatic hydroxyl groups is 1. The number of ether oxygens (including phenoxy) is 3. The molecule has 0 bridgehead atoms. The molecule has 7 heteroatoms. The first-order valence-electron chi connectivity index (χ1n) is 12.1. The van der Waals surface area contributed by atoms with Crippen molar-refractivity contribution in [1.29, 1.82) is 0 Å². The largest absolute Gasteiger partial charge is 0.469 e. The summed E-state index contributed by atoms with van der Waals surface area (Å²) in [6.45, 7) is 7.15. The van der Waals surface area contributed by atoms with Gasteiger partial charge in [0.1, 0.15) is 12.2 Å². The molecule has 4 aliphatic rings. The number of esters is 3. The molecule has 4 saturated carbocycles. The number of hydrogen-bond acceptors (Lipinski definition) is 7. The zero-order valence-electron chi connectivity index (χ0n) is 20.0. The van der Waals surface area contributed by atoms with Crippen LogP contribution in [0.2, 0.25) is 0 Å². The molecule has 4 rings (SSSR count). The Kier molecular flexibility index (Phi) is 5.88. The lowest BCUT2D eigenvalue weighted by Crippen LogP contribution is -2.67. The Morgan fingerprint density at radius 2 is 1.62 bits per heavy atom. The van der Waals surface area contributed by atoms with Crippen molar-refractivity contribution in [2.45, 2.75) is 96.9 Å². The summed E-state index contributed by atoms with van der Waals surface area (Å²) >= 11 is 0. The fraction of sp³-hybridized carbons (Fsp3) is 0.880. The van der Waals surface area contributed by atoms with Crippen molar-refractivity contribution in [2.24, 2.45) is 34.5 Å². The summed E-state index contributed by atoms with van der Waals surface area (Å²) in [5.41, 5.74) is -1.81. The Bertz CT molecular complexity index is 795. The van der Waals surface area contributed by atoms with E-state index < -0.39 is 16.9 Å². The number of rotatable bonds is 3. The third-order valence-corrected chi connectivity index (χ3v) is 9.85. The van der Waals surface area contributed by atoms with E-state index in [1.165, 1.54) is 21.0 Å². The molecular weight excluding hydrogens is 412 g/mol. The predicted octanol–water partition coefficient (Wildman–Crippen LogP) is 3.41. The van der Waals surface area contributed by atoms with E-state index in [0.717, 1.165) is 32.1 Å². The van der Waals surface area contributed by atoms with Gasteiger partial charge in [-0.25, -0.2) is 0 Å². The van der Waals surface area contributed by atoms with Crippen LogP contribution in [0.25, 0.3) is 0 Å². The van der Waals surface area contributed by atoms with E-state index in [0.29, 0.717) is 25.2 Å². The fourth-order valence-corrected chi connectivity index (χ4v) is 8.44. The second kappa shape index (κ2) is 8.00. The van der Waals surface area contributed by atoms with Crippen molar-refractivity contribution in [2.75, 3.05) is 7.11 Å². The molecule has 0 amide bonds. The normalized spacial score (nSPS) is 47.4. The molecule has 0 aromatic rings. The first-order chi connectivity index (χ1) is 15.0. The molecule has 0 aliphatic heterocycles. The van der Waals surface area contributed by atoms with E-state index in [1.807, 2.05) is 6.92 Å². The van der Waals surface area contributed by atoms with Crippen LogP contribution in [0.5, 0.6) is 0 Å². The van der Waals surface area contributed by atoms with Crippen molar-refractivity contribution >= 4 is 17.9 Å². The zero-order chi connectivity index (χ0) is 23.5. The maximum Gasteiger partial charge on any atom is 0.309 e. The molecule has 9 atom stereocenters. The number of hydrogen-bond donors (Lipinski definition) is 1. The van der Waals surface area contributed by atoms with Gasteiger partial charge in [0.15, 0.2) is 0 Å². The third kappa shape index (κ3) is 3.37. The smallest absolute Gasteiger partial charge is 0.309 e. The van der Waals surface area contributed by atoms with Crippen molar-refractivity contribution in [3.8, 4) is 0 Å². The highest BCUT2D eigenvalue weighted by atomic mass is 16.5. The maximum absolute atomic E-state index is 12.6. The summed E-state index contributed by atoms with van der Waals surface area (Å²) in [5.74, 6) is -0.954. The quantitative estimate of drug-likeness (QED) is 0.520. The topological polar surface area (TPSA) is 99.1 Å². The molecule has 0 saturated heterocycles. The van der Waals surface area contributed by atoms with Gasteiger partial charge >= 0.3 is 17.9 Å². The van der Waals surface area contributed by atoms with Gasteiger partial charge in [-0.1, -0.05) is 13.8 Å². The first kappa shape index (κ1) is 23.5. The molecule has 1 N–H and O–H groups in total. The summed E-state index contributed by atoms with van der Waals surface area (Å²) in [6.07, 6.45) is 5.39.